The predicted molar refractivity (Wildman–Crippen MR) is 113 cm³/mol. The molecule has 2 aromatic heterocycles. The van der Waals surface area contributed by atoms with Gasteiger partial charge in [0.15, 0.2) is 0 Å². The number of rotatable bonds is 3. The quantitative estimate of drug-likeness (QED) is 0.705. The van der Waals surface area contributed by atoms with Gasteiger partial charge in [-0.3, -0.25) is 14.6 Å². The summed E-state index contributed by atoms with van der Waals surface area (Å²) >= 11 is 0. The number of piperidine rings is 1. The maximum absolute atomic E-state index is 13.2. The molecule has 2 atom stereocenters. The molecule has 0 aliphatic carbocycles. The highest BCUT2D eigenvalue weighted by molar-refractivity contribution is 5.94. The Balaban J connectivity index is 1.23. The Morgan fingerprint density at radius 3 is 2.68 bits per heavy atom. The van der Waals surface area contributed by atoms with Crippen LogP contribution in [0.25, 0.3) is 11.0 Å². The Bertz CT molecular complexity index is 1080. The van der Waals surface area contributed by atoms with Gasteiger partial charge in [0, 0.05) is 43.9 Å². The molecule has 2 fully saturated rings. The number of hydrogen-bond acceptors (Lipinski definition) is 4. The van der Waals surface area contributed by atoms with E-state index in [4.69, 9.17) is 0 Å². The number of H-pyrrole nitrogens is 1. The summed E-state index contributed by atoms with van der Waals surface area (Å²) in [7, 11) is 0. The summed E-state index contributed by atoms with van der Waals surface area (Å²) in [6, 6.07) is 7.45. The van der Waals surface area contributed by atoms with Crippen molar-refractivity contribution >= 4 is 22.8 Å². The van der Waals surface area contributed by atoms with E-state index in [0.717, 1.165) is 36.1 Å². The van der Waals surface area contributed by atoms with Crippen molar-refractivity contribution < 1.29 is 14.0 Å². The van der Waals surface area contributed by atoms with Crippen LogP contribution in [0.3, 0.4) is 0 Å². The molecule has 2 amide bonds. The molecule has 7 nitrogen and oxygen atoms in total. The minimum absolute atomic E-state index is 0.108. The van der Waals surface area contributed by atoms with Crippen LogP contribution in [0.2, 0.25) is 0 Å². The number of pyridine rings is 1. The molecule has 2 unspecified atom stereocenters. The largest absolute Gasteiger partial charge is 0.342 e. The number of fused-ring (bicyclic) bond motifs is 1. The number of hydrogen-bond donors (Lipinski definition) is 1. The van der Waals surface area contributed by atoms with Crippen LogP contribution in [-0.4, -0.2) is 62.7 Å². The molecule has 8 heteroatoms. The van der Waals surface area contributed by atoms with E-state index in [1.807, 2.05) is 11.0 Å². The van der Waals surface area contributed by atoms with Crippen LogP contribution < -0.4 is 0 Å². The first-order chi connectivity index (χ1) is 15.1. The summed E-state index contributed by atoms with van der Waals surface area (Å²) in [5.41, 5.74) is 2.25. The average Bonchev–Trinajstić information content (AvgIpc) is 3.46. The summed E-state index contributed by atoms with van der Waals surface area (Å²) in [6.07, 6.45) is 5.92. The van der Waals surface area contributed by atoms with Gasteiger partial charge in [0.25, 0.3) is 5.91 Å². The van der Waals surface area contributed by atoms with Crippen LogP contribution in [0.1, 0.15) is 41.4 Å². The summed E-state index contributed by atoms with van der Waals surface area (Å²) in [5, 5.41) is 0. The number of aromatic nitrogens is 3. The molecule has 3 aromatic rings. The van der Waals surface area contributed by atoms with E-state index < -0.39 is 0 Å². The summed E-state index contributed by atoms with van der Waals surface area (Å²) in [6.45, 7) is 2.36. The van der Waals surface area contributed by atoms with Gasteiger partial charge in [-0.15, -0.1) is 0 Å². The SMILES string of the molecule is O=C(c1ccc(F)cc1)N1CCCC(C(=O)N2CCC(c3nc4ccncc4[nH]3)C2)C1. The molecule has 160 valence electrons. The first-order valence-corrected chi connectivity index (χ1v) is 10.7. The van der Waals surface area contributed by atoms with Crippen molar-refractivity contribution in [3.63, 3.8) is 0 Å². The lowest BCUT2D eigenvalue weighted by Gasteiger charge is -2.34. The van der Waals surface area contributed by atoms with Crippen LogP contribution in [-0.2, 0) is 4.79 Å². The molecule has 2 saturated heterocycles. The number of carbonyl (C=O) groups is 2. The molecular formula is C23H24FN5O2. The zero-order valence-corrected chi connectivity index (χ0v) is 17.1. The second kappa shape index (κ2) is 8.09. The minimum Gasteiger partial charge on any atom is -0.342 e. The fourth-order valence-corrected chi connectivity index (χ4v) is 4.65. The highest BCUT2D eigenvalue weighted by atomic mass is 19.1. The van der Waals surface area contributed by atoms with Gasteiger partial charge in [-0.2, -0.15) is 0 Å². The Kier molecular flexibility index (Phi) is 5.13. The Morgan fingerprint density at radius 1 is 1.03 bits per heavy atom. The van der Waals surface area contributed by atoms with Gasteiger partial charge < -0.3 is 14.8 Å². The van der Waals surface area contributed by atoms with Crippen LogP contribution in [0.15, 0.2) is 42.7 Å². The number of benzene rings is 1. The van der Waals surface area contributed by atoms with E-state index in [1.165, 1.54) is 24.3 Å². The van der Waals surface area contributed by atoms with E-state index >= 15 is 0 Å². The zero-order valence-electron chi connectivity index (χ0n) is 17.1. The molecule has 5 rings (SSSR count). The third kappa shape index (κ3) is 3.89. The number of amides is 2. The highest BCUT2D eigenvalue weighted by Gasteiger charge is 2.35. The summed E-state index contributed by atoms with van der Waals surface area (Å²) in [4.78, 5) is 41.7. The van der Waals surface area contributed by atoms with Crippen LogP contribution in [0.4, 0.5) is 4.39 Å². The second-order valence-corrected chi connectivity index (χ2v) is 8.38. The normalized spacial score (nSPS) is 21.6. The lowest BCUT2D eigenvalue weighted by atomic mass is 9.96. The summed E-state index contributed by atoms with van der Waals surface area (Å²) in [5.74, 6) is 0.473. The molecule has 2 aliphatic rings. The van der Waals surface area contributed by atoms with Crippen LogP contribution in [0, 0.1) is 11.7 Å². The lowest BCUT2D eigenvalue weighted by molar-refractivity contribution is -0.135. The predicted octanol–water partition coefficient (Wildman–Crippen LogP) is 2.97. The van der Waals surface area contributed by atoms with Crippen LogP contribution >= 0.6 is 0 Å². The van der Waals surface area contributed by atoms with Gasteiger partial charge in [0.05, 0.1) is 23.1 Å². The van der Waals surface area contributed by atoms with E-state index in [2.05, 4.69) is 15.0 Å². The molecule has 1 aromatic carbocycles. The standard InChI is InChI=1S/C23H24FN5O2/c24-18-5-3-15(4-6-18)22(30)28-10-1-2-17(14-28)23(31)29-11-8-16(13-29)21-26-19-7-9-25-12-20(19)27-21/h3-7,9,12,16-17H,1-2,8,10-11,13-14H2,(H,26,27). The number of imidazole rings is 1. The molecule has 0 radical (unpaired) electrons. The van der Waals surface area contributed by atoms with Crippen molar-refractivity contribution in [1.82, 2.24) is 24.8 Å². The van der Waals surface area contributed by atoms with Gasteiger partial charge in [0.2, 0.25) is 5.91 Å². The molecule has 31 heavy (non-hydrogen) atoms. The Labute approximate surface area is 179 Å². The van der Waals surface area contributed by atoms with E-state index in [1.54, 1.807) is 17.3 Å². The third-order valence-electron chi connectivity index (χ3n) is 6.34. The first-order valence-electron chi connectivity index (χ1n) is 10.7. The molecular weight excluding hydrogens is 397 g/mol. The van der Waals surface area contributed by atoms with Crippen molar-refractivity contribution in [2.24, 2.45) is 5.92 Å². The highest BCUT2D eigenvalue weighted by Crippen LogP contribution is 2.29. The lowest BCUT2D eigenvalue weighted by Crippen LogP contribution is -2.46. The van der Waals surface area contributed by atoms with Crippen molar-refractivity contribution in [3.05, 3.63) is 59.9 Å². The van der Waals surface area contributed by atoms with Crippen LogP contribution in [0.5, 0.6) is 0 Å². The van der Waals surface area contributed by atoms with E-state index in [-0.39, 0.29) is 29.5 Å². The molecule has 1 N–H and O–H groups in total. The smallest absolute Gasteiger partial charge is 0.253 e. The number of nitrogens with one attached hydrogen (secondary N) is 1. The van der Waals surface area contributed by atoms with Gasteiger partial charge in [-0.1, -0.05) is 0 Å². The van der Waals surface area contributed by atoms with Crippen molar-refractivity contribution in [2.45, 2.75) is 25.2 Å². The van der Waals surface area contributed by atoms with E-state index in [0.29, 0.717) is 31.7 Å². The van der Waals surface area contributed by atoms with Crippen molar-refractivity contribution in [1.29, 1.82) is 0 Å². The van der Waals surface area contributed by atoms with Gasteiger partial charge in [-0.05, 0) is 49.6 Å². The maximum atomic E-state index is 13.2. The fraction of sp³-hybridized carbons (Fsp3) is 0.391. The summed E-state index contributed by atoms with van der Waals surface area (Å²) < 4.78 is 13.2. The Morgan fingerprint density at radius 2 is 1.87 bits per heavy atom. The first kappa shape index (κ1) is 19.7. The van der Waals surface area contributed by atoms with Gasteiger partial charge >= 0.3 is 0 Å². The number of nitrogens with zero attached hydrogens (tertiary/aromatic N) is 4. The van der Waals surface area contributed by atoms with Crippen molar-refractivity contribution in [2.75, 3.05) is 26.2 Å². The molecule has 2 aliphatic heterocycles. The van der Waals surface area contributed by atoms with Crippen molar-refractivity contribution in [3.8, 4) is 0 Å². The number of aromatic amines is 1. The molecule has 0 bridgehead atoms. The fourth-order valence-electron chi connectivity index (χ4n) is 4.65. The molecule has 0 spiro atoms. The topological polar surface area (TPSA) is 82.2 Å². The maximum Gasteiger partial charge on any atom is 0.253 e. The average molecular weight is 421 g/mol. The van der Waals surface area contributed by atoms with E-state index in [9.17, 15) is 14.0 Å². The molecule has 4 heterocycles. The van der Waals surface area contributed by atoms with Gasteiger partial charge in [0.1, 0.15) is 11.6 Å². The monoisotopic (exact) mass is 421 g/mol. The third-order valence-corrected chi connectivity index (χ3v) is 6.34. The number of likely N-dealkylation sites (tertiary alicyclic amines) is 2. The Hall–Kier alpha value is -3.29. The number of carbonyl (C=O) groups excluding carboxylic acids is 2. The molecule has 0 saturated carbocycles. The minimum atomic E-state index is -0.368. The number of halogens is 1. The zero-order chi connectivity index (χ0) is 21.4. The van der Waals surface area contributed by atoms with Gasteiger partial charge in [-0.25, -0.2) is 9.37 Å². The second-order valence-electron chi connectivity index (χ2n) is 8.38.